The lowest BCUT2D eigenvalue weighted by atomic mass is 10.3. The van der Waals surface area contributed by atoms with Crippen molar-refractivity contribution in [3.8, 4) is 0 Å². The van der Waals surface area contributed by atoms with Gasteiger partial charge in [-0.2, -0.15) is 0 Å². The van der Waals surface area contributed by atoms with Crippen LogP contribution in [0.15, 0.2) is 27.1 Å². The van der Waals surface area contributed by atoms with E-state index in [0.717, 1.165) is 4.47 Å². The number of anilines is 1. The van der Waals surface area contributed by atoms with Crippen LogP contribution in [-0.2, 0) is 19.6 Å². The Morgan fingerprint density at radius 2 is 2.05 bits per heavy atom. The molecule has 0 bridgehead atoms. The number of nitrogens with one attached hydrogen (secondary N) is 1. The molecule has 0 aliphatic carbocycles. The lowest BCUT2D eigenvalue weighted by Crippen LogP contribution is -2.18. The fourth-order valence-electron chi connectivity index (χ4n) is 1.30. The first-order valence-corrected chi connectivity index (χ1v) is 8.60. The molecule has 1 aromatic carbocycles. The standard InChI is InChI=1S/C11H13Br2NO4S/c1-18-11(15)3-2-6-19(16,17)14-10-5-4-8(12)7-9(10)13/h4-5,7,14H,2-3,6H2,1H3. The highest BCUT2D eigenvalue weighted by Crippen LogP contribution is 2.27. The predicted molar refractivity (Wildman–Crippen MR) is 80.5 cm³/mol. The minimum atomic E-state index is -3.48. The molecule has 0 spiro atoms. The molecule has 0 heterocycles. The summed E-state index contributed by atoms with van der Waals surface area (Å²) in [6.07, 6.45) is 0.301. The molecule has 0 fully saturated rings. The zero-order valence-corrected chi connectivity index (χ0v) is 14.1. The number of sulfonamides is 1. The maximum atomic E-state index is 11.8. The Morgan fingerprint density at radius 1 is 1.37 bits per heavy atom. The topological polar surface area (TPSA) is 72.5 Å². The summed E-state index contributed by atoms with van der Waals surface area (Å²) in [6, 6.07) is 5.12. The molecule has 1 N–H and O–H groups in total. The molecule has 0 unspecified atom stereocenters. The first-order chi connectivity index (χ1) is 8.84. The summed E-state index contributed by atoms with van der Waals surface area (Å²) in [5.41, 5.74) is 0.460. The van der Waals surface area contributed by atoms with Crippen molar-refractivity contribution in [2.24, 2.45) is 0 Å². The van der Waals surface area contributed by atoms with Crippen LogP contribution in [0, 0.1) is 0 Å². The van der Waals surface area contributed by atoms with Gasteiger partial charge in [0.05, 0.1) is 18.6 Å². The Hall–Kier alpha value is -0.600. The number of halogens is 2. The fraction of sp³-hybridized carbons (Fsp3) is 0.364. The molecule has 5 nitrogen and oxygen atoms in total. The summed E-state index contributed by atoms with van der Waals surface area (Å²) in [6.45, 7) is 0. The normalized spacial score (nSPS) is 11.1. The second kappa shape index (κ2) is 7.25. The zero-order chi connectivity index (χ0) is 14.5. The van der Waals surface area contributed by atoms with Crippen LogP contribution in [0.2, 0.25) is 0 Å². The molecular formula is C11H13Br2NO4S. The zero-order valence-electron chi connectivity index (χ0n) is 10.2. The molecule has 0 atom stereocenters. The summed E-state index contributed by atoms with van der Waals surface area (Å²) >= 11 is 6.55. The van der Waals surface area contributed by atoms with Gasteiger partial charge in [-0.05, 0) is 40.5 Å². The molecule has 106 valence electrons. The molecule has 0 saturated carbocycles. The molecule has 0 radical (unpaired) electrons. The third-order valence-electron chi connectivity index (χ3n) is 2.22. The third-order valence-corrected chi connectivity index (χ3v) is 4.72. The highest BCUT2D eigenvalue weighted by Gasteiger charge is 2.13. The van der Waals surface area contributed by atoms with Crippen LogP contribution >= 0.6 is 31.9 Å². The number of carbonyl (C=O) groups is 1. The lowest BCUT2D eigenvalue weighted by Gasteiger charge is -2.09. The van der Waals surface area contributed by atoms with E-state index in [1.807, 2.05) is 0 Å². The van der Waals surface area contributed by atoms with Gasteiger partial charge in [-0.1, -0.05) is 15.9 Å². The van der Waals surface area contributed by atoms with Gasteiger partial charge < -0.3 is 4.74 Å². The first kappa shape index (κ1) is 16.5. The van der Waals surface area contributed by atoms with Crippen molar-refractivity contribution in [2.75, 3.05) is 17.6 Å². The smallest absolute Gasteiger partial charge is 0.305 e. The minimum Gasteiger partial charge on any atom is -0.469 e. The van der Waals surface area contributed by atoms with Crippen molar-refractivity contribution in [3.63, 3.8) is 0 Å². The van der Waals surface area contributed by atoms with Crippen molar-refractivity contribution >= 4 is 53.5 Å². The van der Waals surface area contributed by atoms with Gasteiger partial charge in [0, 0.05) is 15.4 Å². The van der Waals surface area contributed by atoms with E-state index in [1.165, 1.54) is 7.11 Å². The fourth-order valence-corrected chi connectivity index (χ4v) is 3.72. The Labute approximate surface area is 129 Å². The summed E-state index contributed by atoms with van der Waals surface area (Å²) < 4.78 is 32.0. The number of rotatable bonds is 6. The van der Waals surface area contributed by atoms with Gasteiger partial charge in [0.1, 0.15) is 0 Å². The number of hydrogen-bond donors (Lipinski definition) is 1. The number of esters is 1. The average Bonchev–Trinajstić information content (AvgIpc) is 2.32. The van der Waals surface area contributed by atoms with Gasteiger partial charge >= 0.3 is 5.97 Å². The highest BCUT2D eigenvalue weighted by atomic mass is 79.9. The van der Waals surface area contributed by atoms with Crippen molar-refractivity contribution in [1.29, 1.82) is 0 Å². The van der Waals surface area contributed by atoms with Gasteiger partial charge in [0.15, 0.2) is 0 Å². The molecule has 1 rings (SSSR count). The van der Waals surface area contributed by atoms with E-state index in [-0.39, 0.29) is 18.6 Å². The monoisotopic (exact) mass is 413 g/mol. The van der Waals surface area contributed by atoms with Crippen LogP contribution < -0.4 is 4.72 Å². The molecule has 0 saturated heterocycles. The molecule has 0 aromatic heterocycles. The van der Waals surface area contributed by atoms with Crippen LogP contribution in [0.4, 0.5) is 5.69 Å². The Kier molecular flexibility index (Phi) is 6.28. The van der Waals surface area contributed by atoms with Crippen LogP contribution in [0.5, 0.6) is 0 Å². The molecule has 19 heavy (non-hydrogen) atoms. The van der Waals surface area contributed by atoms with Gasteiger partial charge in [0.2, 0.25) is 10.0 Å². The van der Waals surface area contributed by atoms with Crippen LogP contribution in [0.3, 0.4) is 0 Å². The Bertz CT molecular complexity index is 560. The largest absolute Gasteiger partial charge is 0.469 e. The molecule has 1 aromatic rings. The molecular weight excluding hydrogens is 402 g/mol. The van der Waals surface area contributed by atoms with E-state index in [1.54, 1.807) is 18.2 Å². The molecule has 8 heteroatoms. The maximum Gasteiger partial charge on any atom is 0.305 e. The Morgan fingerprint density at radius 3 is 2.63 bits per heavy atom. The summed E-state index contributed by atoms with van der Waals surface area (Å²) in [4.78, 5) is 10.9. The number of hydrogen-bond acceptors (Lipinski definition) is 4. The number of carbonyl (C=O) groups excluding carboxylic acids is 1. The first-order valence-electron chi connectivity index (χ1n) is 5.36. The van der Waals surface area contributed by atoms with Crippen LogP contribution in [0.25, 0.3) is 0 Å². The van der Waals surface area contributed by atoms with E-state index in [4.69, 9.17) is 0 Å². The Balaban J connectivity index is 2.61. The quantitative estimate of drug-likeness (QED) is 0.726. The predicted octanol–water partition coefficient (Wildman–Crippen LogP) is 2.91. The van der Waals surface area contributed by atoms with Crippen LogP contribution in [-0.4, -0.2) is 27.2 Å². The van der Waals surface area contributed by atoms with Crippen molar-refractivity contribution in [3.05, 3.63) is 27.1 Å². The average molecular weight is 415 g/mol. The van der Waals surface area contributed by atoms with E-state index in [2.05, 4.69) is 41.3 Å². The van der Waals surface area contributed by atoms with Gasteiger partial charge in [-0.15, -0.1) is 0 Å². The van der Waals surface area contributed by atoms with Gasteiger partial charge in [0.25, 0.3) is 0 Å². The number of methoxy groups -OCH3 is 1. The van der Waals surface area contributed by atoms with E-state index >= 15 is 0 Å². The van der Waals surface area contributed by atoms with Crippen molar-refractivity contribution in [2.45, 2.75) is 12.8 Å². The second-order valence-electron chi connectivity index (χ2n) is 3.72. The van der Waals surface area contributed by atoms with E-state index in [0.29, 0.717) is 10.2 Å². The molecule has 0 aliphatic rings. The van der Waals surface area contributed by atoms with Gasteiger partial charge in [-0.3, -0.25) is 9.52 Å². The lowest BCUT2D eigenvalue weighted by molar-refractivity contribution is -0.140. The molecule has 0 aliphatic heterocycles. The summed E-state index contributed by atoms with van der Waals surface area (Å²) in [5.74, 6) is -0.551. The van der Waals surface area contributed by atoms with E-state index < -0.39 is 16.0 Å². The van der Waals surface area contributed by atoms with Crippen molar-refractivity contribution < 1.29 is 17.9 Å². The van der Waals surface area contributed by atoms with E-state index in [9.17, 15) is 13.2 Å². The minimum absolute atomic E-state index is 0.0823. The molecule has 0 amide bonds. The van der Waals surface area contributed by atoms with Crippen LogP contribution in [0.1, 0.15) is 12.8 Å². The third kappa shape index (κ3) is 5.92. The van der Waals surface area contributed by atoms with Gasteiger partial charge in [-0.25, -0.2) is 8.42 Å². The summed E-state index contributed by atoms with van der Waals surface area (Å²) in [5, 5.41) is 0. The SMILES string of the molecule is COC(=O)CCCS(=O)(=O)Nc1ccc(Br)cc1Br. The van der Waals surface area contributed by atoms with Crippen molar-refractivity contribution in [1.82, 2.24) is 0 Å². The highest BCUT2D eigenvalue weighted by molar-refractivity contribution is 9.11. The maximum absolute atomic E-state index is 11.8. The number of benzene rings is 1. The summed E-state index contributed by atoms with van der Waals surface area (Å²) in [7, 11) is -2.21. The number of ether oxygens (including phenoxy) is 1. The second-order valence-corrected chi connectivity index (χ2v) is 7.34.